The van der Waals surface area contributed by atoms with Gasteiger partial charge in [0.1, 0.15) is 18.8 Å². The van der Waals surface area contributed by atoms with Gasteiger partial charge in [-0.15, -0.1) is 0 Å². The second-order valence-corrected chi connectivity index (χ2v) is 5.00. The lowest BCUT2D eigenvalue weighted by Gasteiger charge is -2.36. The third-order valence-electron chi connectivity index (χ3n) is 2.24. The molecule has 83 valence electrons. The normalized spacial score (nSPS) is 39.9. The van der Waals surface area contributed by atoms with E-state index in [1.165, 1.54) is 0 Å². The first-order chi connectivity index (χ1) is 6.31. The molecule has 0 unspecified atom stereocenters. The molecule has 0 bridgehead atoms. The van der Waals surface area contributed by atoms with Crippen LogP contribution in [0.25, 0.3) is 0 Å². The monoisotopic (exact) mass is 205 g/mol. The van der Waals surface area contributed by atoms with Gasteiger partial charge in [-0.05, 0) is 11.8 Å². The molecule has 0 saturated carbocycles. The molecule has 0 aromatic rings. The maximum Gasteiger partial charge on any atom is 0.157 e. The van der Waals surface area contributed by atoms with Crippen molar-refractivity contribution in [2.75, 3.05) is 0 Å². The quantitative estimate of drug-likeness (QED) is 0.672. The minimum absolute atomic E-state index is 0.0402. The summed E-state index contributed by atoms with van der Waals surface area (Å²) in [4.78, 5) is 0. The third kappa shape index (κ3) is 2.90. The van der Waals surface area contributed by atoms with Gasteiger partial charge in [0.05, 0.1) is 6.10 Å². The van der Waals surface area contributed by atoms with E-state index in [-0.39, 0.29) is 5.41 Å². The van der Waals surface area contributed by atoms with Crippen molar-refractivity contribution in [3.8, 4) is 0 Å². The standard InChI is InChI=1S/C10H18FO3/c1-10(2,3)4-7-9(13)8(11)6(12)5-14-7/h5-9,12-13H,4H2,1-3H3/t6-,7+,8+,9+/m0/s1. The number of rotatable bonds is 1. The Bertz CT molecular complexity index is 190. The van der Waals surface area contributed by atoms with Crippen LogP contribution in [0, 0.1) is 12.0 Å². The Hall–Kier alpha value is -0.190. The molecule has 1 aliphatic heterocycles. The summed E-state index contributed by atoms with van der Waals surface area (Å²) in [5, 5.41) is 18.5. The lowest BCUT2D eigenvalue weighted by Crippen LogP contribution is -2.49. The van der Waals surface area contributed by atoms with E-state index < -0.39 is 24.5 Å². The van der Waals surface area contributed by atoms with Gasteiger partial charge in [-0.25, -0.2) is 4.39 Å². The number of aliphatic hydroxyl groups is 2. The molecule has 1 heterocycles. The molecule has 1 aliphatic rings. The second-order valence-electron chi connectivity index (χ2n) is 5.00. The predicted molar refractivity (Wildman–Crippen MR) is 50.2 cm³/mol. The minimum atomic E-state index is -1.64. The molecule has 1 rings (SSSR count). The van der Waals surface area contributed by atoms with Gasteiger partial charge in [0.2, 0.25) is 0 Å². The van der Waals surface area contributed by atoms with Crippen LogP contribution in [0.2, 0.25) is 0 Å². The summed E-state index contributed by atoms with van der Waals surface area (Å²) in [5.74, 6) is 0. The largest absolute Gasteiger partial charge is 0.387 e. The van der Waals surface area contributed by atoms with Crippen molar-refractivity contribution in [3.63, 3.8) is 0 Å². The van der Waals surface area contributed by atoms with Crippen LogP contribution in [0.4, 0.5) is 4.39 Å². The number of aliphatic hydroxyl groups excluding tert-OH is 2. The smallest absolute Gasteiger partial charge is 0.157 e. The zero-order valence-electron chi connectivity index (χ0n) is 8.77. The zero-order chi connectivity index (χ0) is 10.9. The molecule has 0 aromatic carbocycles. The highest BCUT2D eigenvalue weighted by atomic mass is 19.1. The maximum absolute atomic E-state index is 13.2. The molecule has 14 heavy (non-hydrogen) atoms. The summed E-state index contributed by atoms with van der Waals surface area (Å²) in [6, 6.07) is 0. The molecule has 4 atom stereocenters. The van der Waals surface area contributed by atoms with Crippen LogP contribution >= 0.6 is 0 Å². The van der Waals surface area contributed by atoms with E-state index in [0.717, 1.165) is 6.61 Å². The highest BCUT2D eigenvalue weighted by molar-refractivity contribution is 4.93. The SMILES string of the molecule is CC(C)(C)C[C@H]1O[CH][C@H](O)[C@@H](F)[C@@H]1O. The number of hydrogen-bond acceptors (Lipinski definition) is 3. The van der Waals surface area contributed by atoms with Gasteiger partial charge in [0.15, 0.2) is 6.17 Å². The van der Waals surface area contributed by atoms with Gasteiger partial charge in [0, 0.05) is 0 Å². The van der Waals surface area contributed by atoms with Crippen molar-refractivity contribution in [3.05, 3.63) is 6.61 Å². The maximum atomic E-state index is 13.2. The lowest BCUT2D eigenvalue weighted by molar-refractivity contribution is -0.143. The number of ether oxygens (including phenoxy) is 1. The molecule has 3 nitrogen and oxygen atoms in total. The van der Waals surface area contributed by atoms with Crippen LogP contribution in [-0.2, 0) is 4.74 Å². The van der Waals surface area contributed by atoms with E-state index in [2.05, 4.69) is 0 Å². The average molecular weight is 205 g/mol. The second kappa shape index (κ2) is 4.13. The summed E-state index contributed by atoms with van der Waals surface area (Å²) in [5.41, 5.74) is -0.0402. The average Bonchev–Trinajstić information content (AvgIpc) is 2.04. The Morgan fingerprint density at radius 3 is 2.43 bits per heavy atom. The Morgan fingerprint density at radius 2 is 1.93 bits per heavy atom. The van der Waals surface area contributed by atoms with Crippen molar-refractivity contribution in [1.29, 1.82) is 0 Å². The van der Waals surface area contributed by atoms with Crippen LogP contribution in [0.3, 0.4) is 0 Å². The molecule has 1 saturated heterocycles. The molecule has 0 amide bonds. The Kier molecular flexibility index (Phi) is 3.50. The molecule has 4 heteroatoms. The summed E-state index contributed by atoms with van der Waals surface area (Å²) in [6.45, 7) is 7.03. The van der Waals surface area contributed by atoms with Gasteiger partial charge in [-0.1, -0.05) is 20.8 Å². The molecule has 0 aromatic heterocycles. The van der Waals surface area contributed by atoms with E-state index in [9.17, 15) is 9.50 Å². The Balaban J connectivity index is 2.55. The van der Waals surface area contributed by atoms with Crippen LogP contribution in [0.1, 0.15) is 27.2 Å². The van der Waals surface area contributed by atoms with E-state index in [1.54, 1.807) is 0 Å². The van der Waals surface area contributed by atoms with Crippen LogP contribution in [-0.4, -0.2) is 34.7 Å². The van der Waals surface area contributed by atoms with E-state index in [0.29, 0.717) is 6.42 Å². The Labute approximate surface area is 83.9 Å². The third-order valence-corrected chi connectivity index (χ3v) is 2.24. The van der Waals surface area contributed by atoms with E-state index >= 15 is 0 Å². The molecular formula is C10H18FO3. The van der Waals surface area contributed by atoms with Crippen LogP contribution in [0.5, 0.6) is 0 Å². The van der Waals surface area contributed by atoms with Gasteiger partial charge in [0.25, 0.3) is 0 Å². The molecular weight excluding hydrogens is 187 g/mol. The molecule has 0 spiro atoms. The number of hydrogen-bond donors (Lipinski definition) is 2. The first-order valence-corrected chi connectivity index (χ1v) is 4.80. The highest BCUT2D eigenvalue weighted by Crippen LogP contribution is 2.30. The summed E-state index contributed by atoms with van der Waals surface area (Å²) < 4.78 is 18.3. The lowest BCUT2D eigenvalue weighted by atomic mass is 9.85. The van der Waals surface area contributed by atoms with Gasteiger partial charge in [-0.3, -0.25) is 0 Å². The number of halogens is 1. The van der Waals surface area contributed by atoms with Crippen molar-refractivity contribution in [2.24, 2.45) is 5.41 Å². The van der Waals surface area contributed by atoms with Crippen LogP contribution in [0.15, 0.2) is 0 Å². The van der Waals surface area contributed by atoms with Crippen molar-refractivity contribution in [1.82, 2.24) is 0 Å². The first-order valence-electron chi connectivity index (χ1n) is 4.80. The molecule has 2 N–H and O–H groups in total. The topological polar surface area (TPSA) is 49.7 Å². The summed E-state index contributed by atoms with van der Waals surface area (Å²) in [7, 11) is 0. The van der Waals surface area contributed by atoms with E-state index in [1.807, 2.05) is 20.8 Å². The van der Waals surface area contributed by atoms with Crippen molar-refractivity contribution < 1.29 is 19.3 Å². The van der Waals surface area contributed by atoms with Gasteiger partial charge >= 0.3 is 0 Å². The zero-order valence-corrected chi connectivity index (χ0v) is 8.77. The van der Waals surface area contributed by atoms with Gasteiger partial charge < -0.3 is 14.9 Å². The molecule has 1 radical (unpaired) electrons. The Morgan fingerprint density at radius 1 is 1.36 bits per heavy atom. The van der Waals surface area contributed by atoms with Gasteiger partial charge in [-0.2, -0.15) is 0 Å². The highest BCUT2D eigenvalue weighted by Gasteiger charge is 2.40. The fourth-order valence-electron chi connectivity index (χ4n) is 1.52. The fourth-order valence-corrected chi connectivity index (χ4v) is 1.52. The predicted octanol–water partition coefficient (Wildman–Crippen LogP) is 1.04. The number of alkyl halides is 1. The summed E-state index contributed by atoms with van der Waals surface area (Å²) >= 11 is 0. The minimum Gasteiger partial charge on any atom is -0.387 e. The summed E-state index contributed by atoms with van der Waals surface area (Å²) in [6.07, 6.45) is -4.21. The fraction of sp³-hybridized carbons (Fsp3) is 0.900. The van der Waals surface area contributed by atoms with Crippen LogP contribution < -0.4 is 0 Å². The molecule has 0 aliphatic carbocycles. The molecule has 1 fully saturated rings. The first kappa shape index (κ1) is 11.9. The van der Waals surface area contributed by atoms with Crippen molar-refractivity contribution in [2.45, 2.75) is 51.7 Å². The van der Waals surface area contributed by atoms with E-state index in [4.69, 9.17) is 9.84 Å². The van der Waals surface area contributed by atoms with Crippen molar-refractivity contribution >= 4 is 0 Å².